The number of amides is 1. The van der Waals surface area contributed by atoms with Crippen LogP contribution in [0.3, 0.4) is 0 Å². The van der Waals surface area contributed by atoms with Gasteiger partial charge in [0.2, 0.25) is 0 Å². The number of carbonyl (C=O) groups is 2. The largest absolute Gasteiger partial charge is 0.476 e. The summed E-state index contributed by atoms with van der Waals surface area (Å²) in [6.45, 7) is 11.3. The molecular formula is C31H32F3NO4S2. The molecule has 5 nitrogen and oxygen atoms in total. The second-order valence-electron chi connectivity index (χ2n) is 9.63. The molecule has 218 valence electrons. The minimum atomic E-state index is -4.43. The Hall–Kier alpha value is -3.50. The maximum Gasteiger partial charge on any atom is 0.416 e. The Morgan fingerprint density at radius 3 is 2.24 bits per heavy atom. The smallest absolute Gasteiger partial charge is 0.416 e. The third kappa shape index (κ3) is 9.26. The number of ether oxygens (including phenoxy) is 2. The summed E-state index contributed by atoms with van der Waals surface area (Å²) in [5, 5.41) is 4.89. The van der Waals surface area contributed by atoms with Crippen molar-refractivity contribution in [3.05, 3.63) is 105 Å². The van der Waals surface area contributed by atoms with Crippen LogP contribution in [0.4, 0.5) is 13.2 Å². The minimum Gasteiger partial charge on any atom is -0.476 e. The number of nitrogens with one attached hydrogen (secondary N) is 1. The van der Waals surface area contributed by atoms with Crippen LogP contribution in [0, 0.1) is 0 Å². The normalized spacial score (nSPS) is 12.4. The monoisotopic (exact) mass is 603 g/mol. The molecule has 0 unspecified atom stereocenters. The lowest BCUT2D eigenvalue weighted by molar-refractivity contribution is -0.158. The number of thiophene rings is 1. The van der Waals surface area contributed by atoms with Gasteiger partial charge in [-0.1, -0.05) is 48.7 Å². The van der Waals surface area contributed by atoms with Crippen LogP contribution < -0.4 is 10.1 Å². The average molecular weight is 604 g/mol. The third-order valence-corrected chi connectivity index (χ3v) is 7.99. The molecule has 0 aliphatic rings. The highest BCUT2D eigenvalue weighted by Crippen LogP contribution is 2.37. The predicted molar refractivity (Wildman–Crippen MR) is 158 cm³/mol. The number of alkyl halides is 3. The van der Waals surface area contributed by atoms with Crippen molar-refractivity contribution in [2.45, 2.75) is 52.4 Å². The van der Waals surface area contributed by atoms with Crippen LogP contribution in [0.5, 0.6) is 5.75 Å². The molecule has 0 fully saturated rings. The molecular weight excluding hydrogens is 571 g/mol. The van der Waals surface area contributed by atoms with Crippen molar-refractivity contribution in [2.75, 3.05) is 6.61 Å². The molecule has 0 bridgehead atoms. The summed E-state index contributed by atoms with van der Waals surface area (Å²) in [7, 11) is 0. The molecule has 3 aromatic rings. The Morgan fingerprint density at radius 1 is 1.02 bits per heavy atom. The highest BCUT2D eigenvalue weighted by Gasteiger charge is 2.32. The highest BCUT2D eigenvalue weighted by atomic mass is 32.2. The summed E-state index contributed by atoms with van der Waals surface area (Å²) in [6, 6.07) is 15.6. The second kappa shape index (κ2) is 13.9. The van der Waals surface area contributed by atoms with E-state index in [1.165, 1.54) is 12.1 Å². The van der Waals surface area contributed by atoms with Crippen LogP contribution >= 0.6 is 23.1 Å². The Kier molecular flexibility index (Phi) is 10.9. The molecule has 10 heteroatoms. The van der Waals surface area contributed by atoms with Gasteiger partial charge >= 0.3 is 12.1 Å². The van der Waals surface area contributed by atoms with Gasteiger partial charge in [-0.25, -0.2) is 4.79 Å². The number of rotatable bonds is 12. The van der Waals surface area contributed by atoms with Crippen LogP contribution in [0.1, 0.15) is 49.3 Å². The lowest BCUT2D eigenvalue weighted by Crippen LogP contribution is -2.39. The number of halogens is 3. The number of benzene rings is 2. The van der Waals surface area contributed by atoms with Crippen molar-refractivity contribution in [3.8, 4) is 5.75 Å². The van der Waals surface area contributed by atoms with Gasteiger partial charge in [-0.05, 0) is 80.1 Å². The lowest BCUT2D eigenvalue weighted by atomic mass is 10.1. The fourth-order valence-electron chi connectivity index (χ4n) is 3.69. The van der Waals surface area contributed by atoms with Gasteiger partial charge in [0.05, 0.1) is 17.1 Å². The first-order valence-electron chi connectivity index (χ1n) is 12.8. The van der Waals surface area contributed by atoms with E-state index < -0.39 is 23.3 Å². The van der Waals surface area contributed by atoms with Crippen LogP contribution in [0.15, 0.2) is 83.1 Å². The summed E-state index contributed by atoms with van der Waals surface area (Å²) in [6.07, 6.45) is -3.88. The second-order valence-corrected chi connectivity index (χ2v) is 11.8. The zero-order valence-electron chi connectivity index (χ0n) is 23.3. The molecule has 0 aliphatic heterocycles. The Labute approximate surface area is 246 Å². The van der Waals surface area contributed by atoms with Gasteiger partial charge < -0.3 is 14.8 Å². The SMILES string of the molecule is C=C(S/C(C(=O)NCc1ccc(OC(C)(C)C(=O)OCC)cc1)=C(\C)Cc1cccs1)c1ccc(C(F)(F)F)cc1. The molecule has 2 aromatic carbocycles. The number of esters is 1. The quantitative estimate of drug-likeness (QED) is 0.168. The summed E-state index contributed by atoms with van der Waals surface area (Å²) in [5.41, 5.74) is 0.216. The third-order valence-electron chi connectivity index (χ3n) is 5.89. The number of carbonyl (C=O) groups excluding carboxylic acids is 2. The maximum atomic E-state index is 13.4. The van der Waals surface area contributed by atoms with Crippen molar-refractivity contribution < 1.29 is 32.2 Å². The van der Waals surface area contributed by atoms with Crippen LogP contribution in [0.2, 0.25) is 0 Å². The standard InChI is InChI=1S/C31H32F3NO4S2/c1-6-38-29(37)30(4,5)39-25-15-9-22(10-16-25)19-35-28(36)27(20(2)18-26-8-7-17-40-26)41-21(3)23-11-13-24(14-12-23)31(32,33)34/h7-17H,3,6,18-19H2,1-2,4-5H3,(H,35,36)/b27-20+. The van der Waals surface area contributed by atoms with E-state index in [-0.39, 0.29) is 19.1 Å². The van der Waals surface area contributed by atoms with E-state index in [4.69, 9.17) is 9.47 Å². The molecule has 1 aromatic heterocycles. The van der Waals surface area contributed by atoms with Gasteiger partial charge in [0.15, 0.2) is 5.60 Å². The van der Waals surface area contributed by atoms with Gasteiger partial charge in [0, 0.05) is 22.7 Å². The van der Waals surface area contributed by atoms with Gasteiger partial charge in [-0.2, -0.15) is 13.2 Å². The van der Waals surface area contributed by atoms with Gasteiger partial charge in [-0.15, -0.1) is 11.3 Å². The molecule has 0 aliphatic carbocycles. The van der Waals surface area contributed by atoms with Crippen molar-refractivity contribution in [3.63, 3.8) is 0 Å². The van der Waals surface area contributed by atoms with E-state index in [1.807, 2.05) is 24.4 Å². The zero-order valence-corrected chi connectivity index (χ0v) is 24.9. The van der Waals surface area contributed by atoms with Crippen molar-refractivity contribution in [2.24, 2.45) is 0 Å². The predicted octanol–water partition coefficient (Wildman–Crippen LogP) is 8.02. The minimum absolute atomic E-state index is 0.226. The van der Waals surface area contributed by atoms with E-state index >= 15 is 0 Å². The van der Waals surface area contributed by atoms with Gasteiger partial charge in [0.25, 0.3) is 5.91 Å². The fourth-order valence-corrected chi connectivity index (χ4v) is 5.39. The molecule has 41 heavy (non-hydrogen) atoms. The van der Waals surface area contributed by atoms with Crippen molar-refractivity contribution in [1.29, 1.82) is 0 Å². The van der Waals surface area contributed by atoms with Gasteiger partial charge in [0.1, 0.15) is 5.75 Å². The highest BCUT2D eigenvalue weighted by molar-refractivity contribution is 8.12. The lowest BCUT2D eigenvalue weighted by Gasteiger charge is -2.24. The van der Waals surface area contributed by atoms with E-state index in [9.17, 15) is 22.8 Å². The Bertz CT molecular complexity index is 1380. The Balaban J connectivity index is 1.72. The van der Waals surface area contributed by atoms with E-state index in [0.717, 1.165) is 39.9 Å². The van der Waals surface area contributed by atoms with Crippen LogP contribution in [-0.2, 0) is 33.5 Å². The average Bonchev–Trinajstić information content (AvgIpc) is 3.43. The summed E-state index contributed by atoms with van der Waals surface area (Å²) in [4.78, 5) is 27.4. The fraction of sp³-hybridized carbons (Fsp3) is 0.290. The molecule has 1 amide bonds. The summed E-state index contributed by atoms with van der Waals surface area (Å²) < 4.78 is 49.8. The molecule has 0 saturated heterocycles. The summed E-state index contributed by atoms with van der Waals surface area (Å²) >= 11 is 2.71. The molecule has 0 spiro atoms. The number of hydrogen-bond acceptors (Lipinski definition) is 6. The number of hydrogen-bond donors (Lipinski definition) is 1. The summed E-state index contributed by atoms with van der Waals surface area (Å²) in [5.74, 6) is -0.307. The zero-order chi connectivity index (χ0) is 30.2. The van der Waals surface area contributed by atoms with Crippen LogP contribution in [-0.4, -0.2) is 24.1 Å². The van der Waals surface area contributed by atoms with Crippen molar-refractivity contribution >= 4 is 39.9 Å². The van der Waals surface area contributed by atoms with E-state index in [2.05, 4.69) is 11.9 Å². The number of allylic oxidation sites excluding steroid dienone is 1. The van der Waals surface area contributed by atoms with E-state index in [1.54, 1.807) is 56.4 Å². The molecule has 0 saturated carbocycles. The number of thioether (sulfide) groups is 1. The molecule has 0 radical (unpaired) electrons. The first-order chi connectivity index (χ1) is 19.3. The van der Waals surface area contributed by atoms with Crippen molar-refractivity contribution in [1.82, 2.24) is 5.32 Å². The topological polar surface area (TPSA) is 64.6 Å². The van der Waals surface area contributed by atoms with Gasteiger partial charge in [-0.3, -0.25) is 4.79 Å². The molecule has 3 rings (SSSR count). The van der Waals surface area contributed by atoms with E-state index in [0.29, 0.717) is 27.5 Å². The first-order valence-corrected chi connectivity index (χ1v) is 14.5. The van der Waals surface area contributed by atoms with Crippen LogP contribution in [0.25, 0.3) is 4.91 Å². The molecule has 1 N–H and O–H groups in total. The molecule has 1 heterocycles. The maximum absolute atomic E-state index is 13.4. The first kappa shape index (κ1) is 32.0. The molecule has 0 atom stereocenters. The Morgan fingerprint density at radius 2 is 1.68 bits per heavy atom.